The minimum absolute atomic E-state index is 0.0275. The summed E-state index contributed by atoms with van der Waals surface area (Å²) in [6.07, 6.45) is -1.52. The van der Waals surface area contributed by atoms with E-state index in [1.54, 1.807) is 24.0 Å². The Morgan fingerprint density at radius 1 is 1.14 bits per heavy atom. The number of hydrogen-bond acceptors (Lipinski definition) is 6. The van der Waals surface area contributed by atoms with E-state index in [1.807, 2.05) is 13.8 Å². The van der Waals surface area contributed by atoms with Gasteiger partial charge >= 0.3 is 6.18 Å². The van der Waals surface area contributed by atoms with Gasteiger partial charge in [0.25, 0.3) is 11.8 Å². The van der Waals surface area contributed by atoms with Crippen molar-refractivity contribution in [1.29, 1.82) is 0 Å². The van der Waals surface area contributed by atoms with Crippen molar-refractivity contribution in [3.63, 3.8) is 0 Å². The molecule has 0 saturated heterocycles. The van der Waals surface area contributed by atoms with Gasteiger partial charge in [0.2, 0.25) is 0 Å². The largest absolute Gasteiger partial charge is 0.433 e. The number of alkyl halides is 3. The molecule has 0 aliphatic heterocycles. The first kappa shape index (κ1) is 24.9. The van der Waals surface area contributed by atoms with Crippen molar-refractivity contribution in [2.75, 3.05) is 5.32 Å². The lowest BCUT2D eigenvalue weighted by Crippen LogP contribution is -2.18. The molecule has 0 bridgehead atoms. The van der Waals surface area contributed by atoms with E-state index in [9.17, 15) is 22.8 Å². The van der Waals surface area contributed by atoms with Gasteiger partial charge in [-0.15, -0.1) is 11.3 Å². The van der Waals surface area contributed by atoms with E-state index in [4.69, 9.17) is 5.73 Å². The van der Waals surface area contributed by atoms with Gasteiger partial charge in [-0.2, -0.15) is 23.4 Å². The molecule has 0 spiro atoms. The number of aromatic nitrogens is 5. The van der Waals surface area contributed by atoms with Crippen molar-refractivity contribution >= 4 is 55.0 Å². The number of halogens is 4. The number of pyridine rings is 1. The minimum Gasteiger partial charge on any atom is -0.365 e. The fraction of sp³-hybridized carbons (Fsp3) is 0.286. The molecule has 0 aliphatic rings. The lowest BCUT2D eigenvalue weighted by molar-refractivity contribution is -0.140. The van der Waals surface area contributed by atoms with Gasteiger partial charge in [0, 0.05) is 36.4 Å². The molecule has 0 aliphatic carbocycles. The van der Waals surface area contributed by atoms with Gasteiger partial charge in [0.1, 0.15) is 15.4 Å². The summed E-state index contributed by atoms with van der Waals surface area (Å²) >= 11 is 3.96. The number of nitrogens with zero attached hydrogens (tertiary/aromatic N) is 5. The summed E-state index contributed by atoms with van der Waals surface area (Å²) in [5.74, 6) is -1.58. The number of hydrogen-bond donors (Lipinski definition) is 2. The molecule has 4 aromatic rings. The van der Waals surface area contributed by atoms with Gasteiger partial charge in [-0.1, -0.05) is 0 Å². The third kappa shape index (κ3) is 4.55. The highest BCUT2D eigenvalue weighted by Crippen LogP contribution is 2.44. The number of carbonyl (C=O) groups excluding carboxylic acids is 2. The molecule has 0 aromatic carbocycles. The van der Waals surface area contributed by atoms with Crippen LogP contribution >= 0.6 is 27.3 Å². The number of anilines is 1. The van der Waals surface area contributed by atoms with Crippen LogP contribution in [0.5, 0.6) is 0 Å². The zero-order valence-electron chi connectivity index (χ0n) is 18.7. The number of nitrogens with one attached hydrogen (secondary N) is 1. The van der Waals surface area contributed by atoms with Gasteiger partial charge in [-0.3, -0.25) is 19.0 Å². The Morgan fingerprint density at radius 3 is 2.34 bits per heavy atom. The number of thiophene rings is 1. The highest BCUT2D eigenvalue weighted by Gasteiger charge is 2.35. The fourth-order valence-corrected chi connectivity index (χ4v) is 5.08. The maximum atomic E-state index is 13.7. The Labute approximate surface area is 209 Å². The van der Waals surface area contributed by atoms with Gasteiger partial charge in [-0.05, 0) is 48.3 Å². The van der Waals surface area contributed by atoms with Crippen molar-refractivity contribution in [2.45, 2.75) is 40.0 Å². The molecular formula is C21H19BrF3N7O2S. The SMILES string of the molecule is CCn1cc(-c2cc(C(F)(F)F)nc3sc(C(N)=O)c(NC(=O)c4nn(CC)cc4Br)c23)c(C)n1. The van der Waals surface area contributed by atoms with E-state index >= 15 is 0 Å². The van der Waals surface area contributed by atoms with E-state index < -0.39 is 23.7 Å². The average molecular weight is 570 g/mol. The summed E-state index contributed by atoms with van der Waals surface area (Å²) in [6.45, 7) is 6.35. The molecule has 0 unspecified atom stereocenters. The standard InChI is InChI=1S/C21H19BrF3N7O2S/c1-4-31-7-11(9(3)29-31)10-6-13(21(23,24)25)27-20-14(10)16(17(35-20)18(26)33)28-19(34)15-12(22)8-32(5-2)30-15/h6-8H,4-5H2,1-3H3,(H2,26,33)(H,28,34). The van der Waals surface area contributed by atoms with Crippen LogP contribution in [0, 0.1) is 6.92 Å². The quantitative estimate of drug-likeness (QED) is 0.344. The molecular weight excluding hydrogens is 551 g/mol. The van der Waals surface area contributed by atoms with Crippen LogP contribution in [0.2, 0.25) is 0 Å². The Bertz CT molecular complexity index is 1470. The van der Waals surface area contributed by atoms with Crippen LogP contribution in [0.3, 0.4) is 0 Å². The summed E-state index contributed by atoms with van der Waals surface area (Å²) in [7, 11) is 0. The summed E-state index contributed by atoms with van der Waals surface area (Å²) in [4.78, 5) is 28.9. The number of aryl methyl sites for hydroxylation is 3. The average Bonchev–Trinajstić information content (AvgIpc) is 3.47. The van der Waals surface area contributed by atoms with Crippen molar-refractivity contribution in [1.82, 2.24) is 24.5 Å². The highest BCUT2D eigenvalue weighted by molar-refractivity contribution is 9.10. The summed E-state index contributed by atoms with van der Waals surface area (Å²) < 4.78 is 44.6. The molecule has 0 atom stereocenters. The summed E-state index contributed by atoms with van der Waals surface area (Å²) in [6, 6.07) is 0.890. The van der Waals surface area contributed by atoms with Crippen LogP contribution in [-0.4, -0.2) is 36.4 Å². The van der Waals surface area contributed by atoms with E-state index in [-0.39, 0.29) is 32.0 Å². The predicted molar refractivity (Wildman–Crippen MR) is 128 cm³/mol. The smallest absolute Gasteiger partial charge is 0.365 e. The van der Waals surface area contributed by atoms with Gasteiger partial charge < -0.3 is 11.1 Å². The van der Waals surface area contributed by atoms with Crippen LogP contribution in [0.1, 0.15) is 45.4 Å². The lowest BCUT2D eigenvalue weighted by Gasteiger charge is -2.11. The van der Waals surface area contributed by atoms with Crippen LogP contribution in [0.25, 0.3) is 21.3 Å². The molecule has 14 heteroatoms. The van der Waals surface area contributed by atoms with E-state index in [0.29, 0.717) is 40.2 Å². The van der Waals surface area contributed by atoms with E-state index in [1.165, 1.54) is 4.68 Å². The number of nitrogens with two attached hydrogens (primary N) is 1. The Kier molecular flexibility index (Phi) is 6.44. The highest BCUT2D eigenvalue weighted by atomic mass is 79.9. The molecule has 0 radical (unpaired) electrons. The fourth-order valence-electron chi connectivity index (χ4n) is 3.58. The molecule has 35 heavy (non-hydrogen) atoms. The van der Waals surface area contributed by atoms with Crippen LogP contribution in [0.4, 0.5) is 18.9 Å². The van der Waals surface area contributed by atoms with Gasteiger partial charge in [0.15, 0.2) is 5.69 Å². The van der Waals surface area contributed by atoms with E-state index in [2.05, 4.69) is 36.4 Å². The molecule has 9 nitrogen and oxygen atoms in total. The first-order valence-electron chi connectivity index (χ1n) is 10.4. The minimum atomic E-state index is -4.74. The topological polar surface area (TPSA) is 121 Å². The number of amides is 2. The Balaban J connectivity index is 1.99. The number of carbonyl (C=O) groups is 2. The molecule has 184 valence electrons. The summed E-state index contributed by atoms with van der Waals surface area (Å²) in [5.41, 5.74) is 5.42. The molecule has 0 fully saturated rings. The molecule has 4 heterocycles. The molecule has 0 saturated carbocycles. The maximum Gasteiger partial charge on any atom is 0.433 e. The van der Waals surface area contributed by atoms with Crippen molar-refractivity contribution in [3.8, 4) is 11.1 Å². The van der Waals surface area contributed by atoms with Crippen LogP contribution in [0.15, 0.2) is 22.9 Å². The summed E-state index contributed by atoms with van der Waals surface area (Å²) in [5, 5.41) is 11.3. The second-order valence-electron chi connectivity index (χ2n) is 7.52. The lowest BCUT2D eigenvalue weighted by atomic mass is 10.0. The van der Waals surface area contributed by atoms with Crippen molar-refractivity contribution < 1.29 is 22.8 Å². The zero-order chi connectivity index (χ0) is 25.7. The first-order chi connectivity index (χ1) is 16.4. The second-order valence-corrected chi connectivity index (χ2v) is 9.38. The second kappa shape index (κ2) is 9.07. The third-order valence-electron chi connectivity index (χ3n) is 5.23. The Morgan fingerprint density at radius 2 is 1.80 bits per heavy atom. The first-order valence-corrected chi connectivity index (χ1v) is 12.0. The van der Waals surface area contributed by atoms with Crippen LogP contribution < -0.4 is 11.1 Å². The normalized spacial score (nSPS) is 11.9. The maximum absolute atomic E-state index is 13.7. The van der Waals surface area contributed by atoms with E-state index in [0.717, 1.165) is 6.07 Å². The van der Waals surface area contributed by atoms with Crippen molar-refractivity contribution in [2.24, 2.45) is 5.73 Å². The molecule has 3 N–H and O–H groups in total. The molecule has 4 rings (SSSR count). The zero-order valence-corrected chi connectivity index (χ0v) is 21.1. The third-order valence-corrected chi connectivity index (χ3v) is 6.91. The predicted octanol–water partition coefficient (Wildman–Crippen LogP) is 4.84. The van der Waals surface area contributed by atoms with Crippen LogP contribution in [-0.2, 0) is 19.3 Å². The monoisotopic (exact) mass is 569 g/mol. The van der Waals surface area contributed by atoms with Gasteiger partial charge in [0.05, 0.1) is 15.9 Å². The number of primary amides is 1. The van der Waals surface area contributed by atoms with Crippen molar-refractivity contribution in [3.05, 3.63) is 44.9 Å². The molecule has 4 aromatic heterocycles. The molecule has 2 amide bonds. The Hall–Kier alpha value is -3.26. The number of fused-ring (bicyclic) bond motifs is 1. The van der Waals surface area contributed by atoms with Gasteiger partial charge in [-0.25, -0.2) is 4.98 Å². The number of rotatable bonds is 6.